The quantitative estimate of drug-likeness (QED) is 0.623. The molecule has 5 nitrogen and oxygen atoms in total. The number of hydrogen-bond donors (Lipinski definition) is 1. The molecular formula is C23H21NO4. The number of para-hydroxylation sites is 1. The zero-order valence-corrected chi connectivity index (χ0v) is 15.6. The Kier molecular flexibility index (Phi) is 6.41. The van der Waals surface area contributed by atoms with Gasteiger partial charge in [-0.05, 0) is 48.4 Å². The molecule has 0 unspecified atom stereocenters. The average Bonchev–Trinajstić information content (AvgIpc) is 2.73. The smallest absolute Gasteiger partial charge is 0.344 e. The zero-order valence-electron chi connectivity index (χ0n) is 15.6. The highest BCUT2D eigenvalue weighted by Crippen LogP contribution is 2.17. The third kappa shape index (κ3) is 5.45. The van der Waals surface area contributed by atoms with E-state index < -0.39 is 5.97 Å². The molecule has 0 bridgehead atoms. The van der Waals surface area contributed by atoms with E-state index >= 15 is 0 Å². The predicted molar refractivity (Wildman–Crippen MR) is 107 cm³/mol. The molecule has 0 spiro atoms. The lowest BCUT2D eigenvalue weighted by atomic mass is 10.1. The second kappa shape index (κ2) is 9.37. The molecule has 142 valence electrons. The first-order chi connectivity index (χ1) is 13.6. The molecule has 0 aliphatic rings. The van der Waals surface area contributed by atoms with Crippen LogP contribution in [0.15, 0.2) is 78.9 Å². The summed E-state index contributed by atoms with van der Waals surface area (Å²) in [7, 11) is 0. The first kappa shape index (κ1) is 19.2. The Morgan fingerprint density at radius 1 is 0.857 bits per heavy atom. The summed E-state index contributed by atoms with van der Waals surface area (Å²) in [6, 6.07) is 23.6. The van der Waals surface area contributed by atoms with Crippen LogP contribution in [0.4, 0.5) is 5.69 Å². The van der Waals surface area contributed by atoms with Crippen molar-refractivity contribution in [3.05, 3.63) is 95.6 Å². The molecule has 0 aromatic heterocycles. The fourth-order valence-corrected chi connectivity index (χ4v) is 2.53. The summed E-state index contributed by atoms with van der Waals surface area (Å²) < 4.78 is 10.6. The lowest BCUT2D eigenvalue weighted by Crippen LogP contribution is -2.15. The van der Waals surface area contributed by atoms with Crippen LogP contribution in [0.5, 0.6) is 5.75 Å². The number of aryl methyl sites for hydroxylation is 1. The second-order valence-corrected chi connectivity index (χ2v) is 6.23. The van der Waals surface area contributed by atoms with Crippen molar-refractivity contribution in [2.45, 2.75) is 13.5 Å². The third-order valence-electron chi connectivity index (χ3n) is 4.11. The van der Waals surface area contributed by atoms with Crippen LogP contribution in [0.2, 0.25) is 0 Å². The highest BCUT2D eigenvalue weighted by molar-refractivity contribution is 6.04. The van der Waals surface area contributed by atoms with Gasteiger partial charge >= 0.3 is 5.97 Å². The lowest BCUT2D eigenvalue weighted by Gasteiger charge is -2.09. The fourth-order valence-electron chi connectivity index (χ4n) is 2.53. The van der Waals surface area contributed by atoms with Crippen molar-refractivity contribution in [3.8, 4) is 5.75 Å². The monoisotopic (exact) mass is 375 g/mol. The van der Waals surface area contributed by atoms with Gasteiger partial charge in [-0.25, -0.2) is 4.79 Å². The maximum Gasteiger partial charge on any atom is 0.344 e. The van der Waals surface area contributed by atoms with Gasteiger partial charge in [-0.3, -0.25) is 4.79 Å². The number of carbonyl (C=O) groups is 2. The van der Waals surface area contributed by atoms with Crippen LogP contribution in [0.25, 0.3) is 0 Å². The maximum atomic E-state index is 12.3. The second-order valence-electron chi connectivity index (χ2n) is 6.23. The molecule has 0 atom stereocenters. The Bertz CT molecular complexity index is 936. The van der Waals surface area contributed by atoms with Crippen molar-refractivity contribution in [1.29, 1.82) is 0 Å². The summed E-state index contributed by atoms with van der Waals surface area (Å²) in [6.07, 6.45) is 0. The van der Waals surface area contributed by atoms with Crippen molar-refractivity contribution in [2.24, 2.45) is 0 Å². The van der Waals surface area contributed by atoms with Crippen molar-refractivity contribution in [2.75, 3.05) is 11.9 Å². The molecule has 3 aromatic carbocycles. The molecule has 3 rings (SSSR count). The molecule has 0 saturated carbocycles. The van der Waals surface area contributed by atoms with E-state index in [1.807, 2.05) is 61.5 Å². The molecule has 0 heterocycles. The summed E-state index contributed by atoms with van der Waals surface area (Å²) in [4.78, 5) is 24.1. The fraction of sp³-hybridized carbons (Fsp3) is 0.130. The zero-order chi connectivity index (χ0) is 19.8. The van der Waals surface area contributed by atoms with E-state index in [1.165, 1.54) is 0 Å². The van der Waals surface area contributed by atoms with Gasteiger partial charge in [-0.1, -0.05) is 48.5 Å². The summed E-state index contributed by atoms with van der Waals surface area (Å²) in [5.74, 6) is -0.169. The van der Waals surface area contributed by atoms with Crippen LogP contribution in [0.1, 0.15) is 21.5 Å². The minimum absolute atomic E-state index is 0.193. The molecule has 0 radical (unpaired) electrons. The number of ether oxygens (including phenoxy) is 2. The topological polar surface area (TPSA) is 64.6 Å². The minimum Gasteiger partial charge on any atom is -0.482 e. The Hall–Kier alpha value is -3.60. The Balaban J connectivity index is 1.48. The van der Waals surface area contributed by atoms with Gasteiger partial charge in [-0.2, -0.15) is 0 Å². The summed E-state index contributed by atoms with van der Waals surface area (Å²) in [5.41, 5.74) is 3.18. The molecule has 0 saturated heterocycles. The summed E-state index contributed by atoms with van der Waals surface area (Å²) in [6.45, 7) is 1.95. The van der Waals surface area contributed by atoms with Crippen molar-refractivity contribution < 1.29 is 19.1 Å². The van der Waals surface area contributed by atoms with Crippen LogP contribution in [0.3, 0.4) is 0 Å². The molecule has 28 heavy (non-hydrogen) atoms. The summed E-state index contributed by atoms with van der Waals surface area (Å²) in [5, 5.41) is 2.87. The SMILES string of the molecule is Cc1ccccc1NC(=O)c1ccc(OCC(=O)OCc2ccccc2)cc1. The summed E-state index contributed by atoms with van der Waals surface area (Å²) >= 11 is 0. The number of esters is 1. The van der Waals surface area contributed by atoms with Gasteiger partial charge in [0, 0.05) is 11.3 Å². The van der Waals surface area contributed by atoms with E-state index in [1.54, 1.807) is 24.3 Å². The van der Waals surface area contributed by atoms with Gasteiger partial charge in [0.15, 0.2) is 6.61 Å². The van der Waals surface area contributed by atoms with E-state index in [0.29, 0.717) is 11.3 Å². The number of hydrogen-bond acceptors (Lipinski definition) is 4. The Morgan fingerprint density at radius 3 is 2.25 bits per heavy atom. The van der Waals surface area contributed by atoms with Crippen LogP contribution < -0.4 is 10.1 Å². The number of rotatable bonds is 7. The Morgan fingerprint density at radius 2 is 1.54 bits per heavy atom. The van der Waals surface area contributed by atoms with Gasteiger partial charge < -0.3 is 14.8 Å². The van der Waals surface area contributed by atoms with Crippen molar-refractivity contribution >= 4 is 17.6 Å². The standard InChI is InChI=1S/C23H21NO4/c1-17-7-5-6-10-21(17)24-23(26)19-11-13-20(14-12-19)27-16-22(25)28-15-18-8-3-2-4-9-18/h2-14H,15-16H2,1H3,(H,24,26). The molecule has 1 N–H and O–H groups in total. The number of benzene rings is 3. The van der Waals surface area contributed by atoms with Gasteiger partial charge in [0.2, 0.25) is 0 Å². The van der Waals surface area contributed by atoms with Crippen molar-refractivity contribution in [1.82, 2.24) is 0 Å². The Labute approximate surface area is 163 Å². The lowest BCUT2D eigenvalue weighted by molar-refractivity contribution is -0.147. The minimum atomic E-state index is -0.453. The largest absolute Gasteiger partial charge is 0.482 e. The van der Waals surface area contributed by atoms with E-state index in [-0.39, 0.29) is 19.1 Å². The average molecular weight is 375 g/mol. The molecular weight excluding hydrogens is 354 g/mol. The van der Waals surface area contributed by atoms with Crippen LogP contribution in [-0.2, 0) is 16.1 Å². The highest BCUT2D eigenvalue weighted by atomic mass is 16.6. The first-order valence-corrected chi connectivity index (χ1v) is 8.91. The normalized spacial score (nSPS) is 10.2. The van der Waals surface area contributed by atoms with E-state index in [4.69, 9.17) is 9.47 Å². The molecule has 0 aliphatic heterocycles. The third-order valence-corrected chi connectivity index (χ3v) is 4.11. The number of carbonyl (C=O) groups excluding carboxylic acids is 2. The van der Waals surface area contributed by atoms with Crippen LogP contribution in [-0.4, -0.2) is 18.5 Å². The molecule has 3 aromatic rings. The van der Waals surface area contributed by atoms with Gasteiger partial charge in [0.25, 0.3) is 5.91 Å². The molecule has 5 heteroatoms. The molecule has 1 amide bonds. The van der Waals surface area contributed by atoms with E-state index in [0.717, 1.165) is 16.8 Å². The number of anilines is 1. The van der Waals surface area contributed by atoms with Gasteiger partial charge in [0.1, 0.15) is 12.4 Å². The number of nitrogens with one attached hydrogen (secondary N) is 1. The number of amides is 1. The van der Waals surface area contributed by atoms with Crippen molar-refractivity contribution in [3.63, 3.8) is 0 Å². The molecule has 0 fully saturated rings. The van der Waals surface area contributed by atoms with Gasteiger partial charge in [-0.15, -0.1) is 0 Å². The van der Waals surface area contributed by atoms with Crippen LogP contribution in [0, 0.1) is 6.92 Å². The molecule has 0 aliphatic carbocycles. The highest BCUT2D eigenvalue weighted by Gasteiger charge is 2.09. The maximum absolute atomic E-state index is 12.3. The van der Waals surface area contributed by atoms with E-state index in [2.05, 4.69) is 5.32 Å². The first-order valence-electron chi connectivity index (χ1n) is 8.91. The van der Waals surface area contributed by atoms with Gasteiger partial charge in [0.05, 0.1) is 0 Å². The van der Waals surface area contributed by atoms with Crippen LogP contribution >= 0.6 is 0 Å². The van der Waals surface area contributed by atoms with E-state index in [9.17, 15) is 9.59 Å². The predicted octanol–water partition coefficient (Wildman–Crippen LogP) is 4.37.